The van der Waals surface area contributed by atoms with E-state index in [0.29, 0.717) is 12.3 Å². The summed E-state index contributed by atoms with van der Waals surface area (Å²) < 4.78 is 0. The summed E-state index contributed by atoms with van der Waals surface area (Å²) in [6.07, 6.45) is 10.4. The number of hydrogen-bond donors (Lipinski definition) is 2. The molecular formula is C19H26O3. The summed E-state index contributed by atoms with van der Waals surface area (Å²) in [4.78, 5) is 11.7. The molecule has 3 nitrogen and oxygen atoms in total. The van der Waals surface area contributed by atoms with Crippen LogP contribution in [0.2, 0.25) is 0 Å². The normalized spacial score (nSPS) is 53.5. The van der Waals surface area contributed by atoms with Gasteiger partial charge in [-0.2, -0.15) is 0 Å². The maximum absolute atomic E-state index is 11.7. The zero-order valence-corrected chi connectivity index (χ0v) is 13.5. The minimum absolute atomic E-state index is 0.0390. The van der Waals surface area contributed by atoms with Gasteiger partial charge in [-0.1, -0.05) is 18.6 Å². The Bertz CT molecular complexity index is 591. The van der Waals surface area contributed by atoms with Gasteiger partial charge in [0.25, 0.3) is 0 Å². The van der Waals surface area contributed by atoms with Crippen molar-refractivity contribution in [3.8, 4) is 0 Å². The summed E-state index contributed by atoms with van der Waals surface area (Å²) in [5, 5.41) is 22.1. The highest BCUT2D eigenvalue weighted by molar-refractivity contribution is 6.01. The highest BCUT2D eigenvalue weighted by Crippen LogP contribution is 2.66. The zero-order chi connectivity index (χ0) is 15.8. The molecule has 120 valence electrons. The minimum Gasteiger partial charge on any atom is -0.393 e. The maximum atomic E-state index is 11.7. The molecule has 0 bridgehead atoms. The average Bonchev–Trinajstić information content (AvgIpc) is 2.77. The summed E-state index contributed by atoms with van der Waals surface area (Å²) in [7, 11) is 0. The predicted molar refractivity (Wildman–Crippen MR) is 84.1 cm³/mol. The molecule has 2 N–H and O–H groups in total. The van der Waals surface area contributed by atoms with Crippen LogP contribution in [0.4, 0.5) is 0 Å². The third-order valence-electron chi connectivity index (χ3n) is 7.69. The van der Waals surface area contributed by atoms with Crippen LogP contribution in [0, 0.1) is 22.7 Å². The first kappa shape index (κ1) is 14.6. The van der Waals surface area contributed by atoms with Crippen LogP contribution in [-0.4, -0.2) is 27.7 Å². The SMILES string of the molecule is C[C@]12CC[C@@]3(O)[C@@H](CCC4=CC(=O)C=C[C@@]43C)[C@@H]1CC[C@@H]2O. The van der Waals surface area contributed by atoms with Gasteiger partial charge in [-0.05, 0) is 74.9 Å². The molecule has 4 rings (SSSR count). The van der Waals surface area contributed by atoms with Crippen LogP contribution in [0.15, 0.2) is 23.8 Å². The van der Waals surface area contributed by atoms with Gasteiger partial charge in [0.05, 0.1) is 11.7 Å². The summed E-state index contributed by atoms with van der Waals surface area (Å²) >= 11 is 0. The molecule has 0 spiro atoms. The van der Waals surface area contributed by atoms with Crippen molar-refractivity contribution in [1.82, 2.24) is 0 Å². The molecule has 0 amide bonds. The minimum atomic E-state index is -0.775. The van der Waals surface area contributed by atoms with Crippen LogP contribution < -0.4 is 0 Å². The van der Waals surface area contributed by atoms with Gasteiger partial charge in [-0.25, -0.2) is 0 Å². The van der Waals surface area contributed by atoms with Crippen molar-refractivity contribution in [2.24, 2.45) is 22.7 Å². The first-order chi connectivity index (χ1) is 10.3. The molecule has 0 unspecified atom stereocenters. The zero-order valence-electron chi connectivity index (χ0n) is 13.5. The molecule has 0 heterocycles. The topological polar surface area (TPSA) is 57.5 Å². The second-order valence-electron chi connectivity index (χ2n) is 8.38. The lowest BCUT2D eigenvalue weighted by molar-refractivity contribution is -0.180. The van der Waals surface area contributed by atoms with Crippen molar-refractivity contribution in [2.75, 3.05) is 0 Å². The van der Waals surface area contributed by atoms with Gasteiger partial charge in [0.2, 0.25) is 0 Å². The number of fused-ring (bicyclic) bond motifs is 5. The summed E-state index contributed by atoms with van der Waals surface area (Å²) in [6.45, 7) is 4.31. The number of carbonyl (C=O) groups excluding carboxylic acids is 1. The first-order valence-corrected chi connectivity index (χ1v) is 8.66. The molecular weight excluding hydrogens is 276 g/mol. The Hall–Kier alpha value is -0.930. The van der Waals surface area contributed by atoms with Crippen LogP contribution in [0.5, 0.6) is 0 Å². The molecule has 0 aromatic carbocycles. The Labute approximate surface area is 132 Å². The van der Waals surface area contributed by atoms with E-state index < -0.39 is 11.0 Å². The van der Waals surface area contributed by atoms with E-state index in [4.69, 9.17) is 0 Å². The molecule has 6 atom stereocenters. The molecule has 3 fully saturated rings. The molecule has 0 aromatic heterocycles. The Morgan fingerprint density at radius 3 is 2.68 bits per heavy atom. The van der Waals surface area contributed by atoms with Gasteiger partial charge >= 0.3 is 0 Å². The van der Waals surface area contributed by atoms with Gasteiger partial charge in [0.1, 0.15) is 0 Å². The van der Waals surface area contributed by atoms with Crippen LogP contribution >= 0.6 is 0 Å². The predicted octanol–water partition coefficient (Wildman–Crippen LogP) is 2.77. The standard InChI is InChI=1S/C19H26O3/c1-17-9-10-19(22)15(14(17)5-6-16(17)21)4-3-12-11-13(20)7-8-18(12,19)2/h7-8,11,14-16,21-22H,3-6,9-10H2,1-2H3/t14-,15-,16-,17-,18-,19+/m0/s1. The Kier molecular flexibility index (Phi) is 2.88. The van der Waals surface area contributed by atoms with Crippen LogP contribution in [0.25, 0.3) is 0 Å². The van der Waals surface area contributed by atoms with Crippen LogP contribution in [-0.2, 0) is 4.79 Å². The van der Waals surface area contributed by atoms with E-state index in [0.717, 1.165) is 37.7 Å². The maximum Gasteiger partial charge on any atom is 0.178 e. The lowest BCUT2D eigenvalue weighted by Gasteiger charge is -2.61. The number of carbonyl (C=O) groups is 1. The van der Waals surface area contributed by atoms with Crippen molar-refractivity contribution in [3.05, 3.63) is 23.8 Å². The number of ketones is 1. The molecule has 0 radical (unpaired) electrons. The Morgan fingerprint density at radius 1 is 1.14 bits per heavy atom. The second kappa shape index (κ2) is 4.33. The van der Waals surface area contributed by atoms with Gasteiger partial charge in [-0.15, -0.1) is 0 Å². The van der Waals surface area contributed by atoms with Gasteiger partial charge < -0.3 is 10.2 Å². The summed E-state index contributed by atoms with van der Waals surface area (Å²) in [6, 6.07) is 0. The quantitative estimate of drug-likeness (QED) is 0.723. The lowest BCUT2D eigenvalue weighted by Crippen LogP contribution is -2.62. The summed E-state index contributed by atoms with van der Waals surface area (Å²) in [5.74, 6) is 0.667. The monoisotopic (exact) mass is 302 g/mol. The number of allylic oxidation sites excluding steroid dienone is 2. The number of aliphatic hydroxyl groups excluding tert-OH is 1. The molecule has 4 aliphatic rings. The fourth-order valence-electron chi connectivity index (χ4n) is 6.11. The number of aliphatic hydroxyl groups is 2. The number of rotatable bonds is 0. The van der Waals surface area contributed by atoms with E-state index >= 15 is 0 Å². The highest BCUT2D eigenvalue weighted by Gasteiger charge is 2.65. The second-order valence-corrected chi connectivity index (χ2v) is 8.38. The molecule has 0 aliphatic heterocycles. The van der Waals surface area contributed by atoms with Crippen molar-refractivity contribution in [3.63, 3.8) is 0 Å². The van der Waals surface area contributed by atoms with E-state index in [1.165, 1.54) is 0 Å². The van der Waals surface area contributed by atoms with Crippen LogP contribution in [0.1, 0.15) is 52.4 Å². The number of hydrogen-bond acceptors (Lipinski definition) is 3. The first-order valence-electron chi connectivity index (χ1n) is 8.66. The van der Waals surface area contributed by atoms with E-state index in [9.17, 15) is 15.0 Å². The van der Waals surface area contributed by atoms with Gasteiger partial charge in [-0.3, -0.25) is 4.79 Å². The van der Waals surface area contributed by atoms with E-state index in [-0.39, 0.29) is 23.2 Å². The van der Waals surface area contributed by atoms with Crippen molar-refractivity contribution >= 4 is 5.78 Å². The molecule has 3 heteroatoms. The largest absolute Gasteiger partial charge is 0.393 e. The van der Waals surface area contributed by atoms with E-state index in [1.807, 2.05) is 6.08 Å². The van der Waals surface area contributed by atoms with Crippen LogP contribution in [0.3, 0.4) is 0 Å². The average molecular weight is 302 g/mol. The Morgan fingerprint density at radius 2 is 1.91 bits per heavy atom. The Balaban J connectivity index is 1.78. The van der Waals surface area contributed by atoms with Crippen molar-refractivity contribution < 1.29 is 15.0 Å². The molecule has 0 aromatic rings. The van der Waals surface area contributed by atoms with Crippen molar-refractivity contribution in [2.45, 2.75) is 64.1 Å². The van der Waals surface area contributed by atoms with Crippen molar-refractivity contribution in [1.29, 1.82) is 0 Å². The molecule has 0 saturated heterocycles. The summed E-state index contributed by atoms with van der Waals surface area (Å²) in [5.41, 5.74) is -0.134. The van der Waals surface area contributed by atoms with E-state index in [1.54, 1.807) is 12.2 Å². The third kappa shape index (κ3) is 1.57. The molecule has 4 aliphatic carbocycles. The smallest absolute Gasteiger partial charge is 0.178 e. The van der Waals surface area contributed by atoms with Gasteiger partial charge in [0.15, 0.2) is 5.78 Å². The fourth-order valence-corrected chi connectivity index (χ4v) is 6.11. The lowest BCUT2D eigenvalue weighted by atomic mass is 9.46. The highest BCUT2D eigenvalue weighted by atomic mass is 16.3. The van der Waals surface area contributed by atoms with E-state index in [2.05, 4.69) is 13.8 Å². The molecule has 22 heavy (non-hydrogen) atoms. The third-order valence-corrected chi connectivity index (χ3v) is 7.69. The van der Waals surface area contributed by atoms with Gasteiger partial charge in [0, 0.05) is 5.41 Å². The molecule has 3 saturated carbocycles. The fraction of sp³-hybridized carbons (Fsp3) is 0.737.